The lowest BCUT2D eigenvalue weighted by atomic mass is 9.98. The van der Waals surface area contributed by atoms with Gasteiger partial charge in [-0.2, -0.15) is 0 Å². The maximum absolute atomic E-state index is 12.8. The molecule has 108 valence electrons. The molecule has 1 aromatic carbocycles. The first-order chi connectivity index (χ1) is 9.66. The highest BCUT2D eigenvalue weighted by molar-refractivity contribution is 5.80. The van der Waals surface area contributed by atoms with Crippen LogP contribution in [0.15, 0.2) is 24.3 Å². The number of carbonyl (C=O) groups excluding carboxylic acids is 1. The minimum Gasteiger partial charge on any atom is -0.335 e. The Morgan fingerprint density at radius 2 is 2.05 bits per heavy atom. The van der Waals surface area contributed by atoms with Crippen LogP contribution in [0.1, 0.15) is 49.3 Å². The predicted octanol–water partition coefficient (Wildman–Crippen LogP) is 2.79. The normalized spacial score (nSPS) is 29.9. The third-order valence-corrected chi connectivity index (χ3v) is 4.91. The molecule has 0 spiro atoms. The molecule has 20 heavy (non-hydrogen) atoms. The topological polar surface area (TPSA) is 46.3 Å². The van der Waals surface area contributed by atoms with Crippen LogP contribution < -0.4 is 5.73 Å². The molecule has 2 aliphatic rings. The Morgan fingerprint density at radius 3 is 2.75 bits per heavy atom. The Labute approximate surface area is 121 Å². The second-order valence-electron chi connectivity index (χ2n) is 6.32. The number of rotatable bonds is 2. The molecule has 1 heterocycles. The Hall–Kier alpha value is -1.35. The maximum atomic E-state index is 12.8. The van der Waals surface area contributed by atoms with E-state index in [0.717, 1.165) is 38.6 Å². The van der Waals surface area contributed by atoms with E-state index in [1.165, 1.54) is 11.1 Å². The summed E-state index contributed by atoms with van der Waals surface area (Å²) in [7, 11) is 0. The number of carbonyl (C=O) groups is 1. The van der Waals surface area contributed by atoms with E-state index in [9.17, 15) is 4.79 Å². The summed E-state index contributed by atoms with van der Waals surface area (Å²) in [4.78, 5) is 14.9. The monoisotopic (exact) mass is 272 g/mol. The highest BCUT2D eigenvalue weighted by Gasteiger charge is 2.37. The van der Waals surface area contributed by atoms with Crippen molar-refractivity contribution in [2.75, 3.05) is 6.54 Å². The number of benzene rings is 1. The molecule has 3 atom stereocenters. The standard InChI is InChI=1S/C17H24N2O/c1-12-5-2-3-6-15(12)16-7-4-10-19(16)17(20)13-8-9-14(18)11-13/h2-3,5-6,13-14,16H,4,7-11,18H2,1H3/t13-,14+,16-/m0/s1. The van der Waals surface area contributed by atoms with Crippen molar-refractivity contribution in [3.05, 3.63) is 35.4 Å². The van der Waals surface area contributed by atoms with Crippen LogP contribution >= 0.6 is 0 Å². The van der Waals surface area contributed by atoms with Crippen LogP contribution in [0.3, 0.4) is 0 Å². The molecule has 3 rings (SSSR count). The molecule has 0 radical (unpaired) electrons. The fourth-order valence-corrected chi connectivity index (χ4v) is 3.79. The SMILES string of the molecule is Cc1ccccc1[C@@H]1CCCN1C(=O)[C@H]1CC[C@@H](N)C1. The number of likely N-dealkylation sites (tertiary alicyclic amines) is 1. The van der Waals surface area contributed by atoms with Crippen molar-refractivity contribution >= 4 is 5.91 Å². The number of hydrogen-bond acceptors (Lipinski definition) is 2. The largest absolute Gasteiger partial charge is 0.335 e. The van der Waals surface area contributed by atoms with E-state index < -0.39 is 0 Å². The highest BCUT2D eigenvalue weighted by Crippen LogP contribution is 2.37. The Bertz CT molecular complexity index is 500. The van der Waals surface area contributed by atoms with Crippen LogP contribution in [0, 0.1) is 12.8 Å². The van der Waals surface area contributed by atoms with Gasteiger partial charge in [0.25, 0.3) is 0 Å². The van der Waals surface area contributed by atoms with Crippen molar-refractivity contribution in [1.82, 2.24) is 4.90 Å². The lowest BCUT2D eigenvalue weighted by molar-refractivity contribution is -0.136. The third kappa shape index (κ3) is 2.47. The van der Waals surface area contributed by atoms with Crippen molar-refractivity contribution < 1.29 is 4.79 Å². The Morgan fingerprint density at radius 1 is 1.25 bits per heavy atom. The molecule has 1 saturated heterocycles. The average Bonchev–Trinajstić information content (AvgIpc) is 3.07. The molecule has 0 bridgehead atoms. The molecule has 3 nitrogen and oxygen atoms in total. The van der Waals surface area contributed by atoms with Gasteiger partial charge >= 0.3 is 0 Å². The zero-order valence-electron chi connectivity index (χ0n) is 12.2. The second-order valence-corrected chi connectivity index (χ2v) is 6.32. The van der Waals surface area contributed by atoms with E-state index in [-0.39, 0.29) is 18.0 Å². The molecule has 0 aromatic heterocycles. The van der Waals surface area contributed by atoms with E-state index in [0.29, 0.717) is 5.91 Å². The van der Waals surface area contributed by atoms with E-state index in [4.69, 9.17) is 5.73 Å². The van der Waals surface area contributed by atoms with Crippen molar-refractivity contribution in [3.8, 4) is 0 Å². The summed E-state index contributed by atoms with van der Waals surface area (Å²) >= 11 is 0. The summed E-state index contributed by atoms with van der Waals surface area (Å²) in [6, 6.07) is 8.96. The third-order valence-electron chi connectivity index (χ3n) is 4.91. The quantitative estimate of drug-likeness (QED) is 0.900. The smallest absolute Gasteiger partial charge is 0.226 e. The van der Waals surface area contributed by atoms with Gasteiger partial charge in [0.1, 0.15) is 0 Å². The molecular formula is C17H24N2O. The molecule has 1 saturated carbocycles. The van der Waals surface area contributed by atoms with Crippen molar-refractivity contribution in [2.24, 2.45) is 11.7 Å². The lowest BCUT2D eigenvalue weighted by Gasteiger charge is -2.28. The molecule has 1 aliphatic carbocycles. The molecule has 0 unspecified atom stereocenters. The van der Waals surface area contributed by atoms with E-state index in [1.807, 2.05) is 0 Å². The molecular weight excluding hydrogens is 248 g/mol. The number of nitrogens with two attached hydrogens (primary N) is 1. The van der Waals surface area contributed by atoms with Crippen LogP contribution in [0.25, 0.3) is 0 Å². The van der Waals surface area contributed by atoms with Gasteiger partial charge < -0.3 is 10.6 Å². The van der Waals surface area contributed by atoms with Crippen LogP contribution in [0.2, 0.25) is 0 Å². The van der Waals surface area contributed by atoms with Gasteiger partial charge in [0.05, 0.1) is 6.04 Å². The lowest BCUT2D eigenvalue weighted by Crippen LogP contribution is -2.35. The van der Waals surface area contributed by atoms with E-state index in [2.05, 4.69) is 36.1 Å². The summed E-state index contributed by atoms with van der Waals surface area (Å²) in [6.07, 6.45) is 5.05. The Kier molecular flexibility index (Phi) is 3.79. The summed E-state index contributed by atoms with van der Waals surface area (Å²) < 4.78 is 0. The maximum Gasteiger partial charge on any atom is 0.226 e. The van der Waals surface area contributed by atoms with Gasteiger partial charge in [0.2, 0.25) is 5.91 Å². The van der Waals surface area contributed by atoms with Gasteiger partial charge in [-0.1, -0.05) is 24.3 Å². The summed E-state index contributed by atoms with van der Waals surface area (Å²) in [5.74, 6) is 0.498. The second kappa shape index (κ2) is 5.57. The van der Waals surface area contributed by atoms with Crippen LogP contribution in [0.4, 0.5) is 0 Å². The fraction of sp³-hybridized carbons (Fsp3) is 0.588. The van der Waals surface area contributed by atoms with Crippen LogP contribution in [0.5, 0.6) is 0 Å². The zero-order chi connectivity index (χ0) is 14.1. The molecule has 2 fully saturated rings. The first kappa shape index (κ1) is 13.6. The summed E-state index contributed by atoms with van der Waals surface area (Å²) in [5, 5.41) is 0. The molecule has 3 heteroatoms. The number of aryl methyl sites for hydroxylation is 1. The van der Waals surface area contributed by atoms with Crippen molar-refractivity contribution in [3.63, 3.8) is 0 Å². The minimum atomic E-state index is 0.162. The fourth-order valence-electron chi connectivity index (χ4n) is 3.79. The van der Waals surface area contributed by atoms with Crippen LogP contribution in [-0.2, 0) is 4.79 Å². The zero-order valence-corrected chi connectivity index (χ0v) is 12.2. The molecule has 2 N–H and O–H groups in total. The van der Waals surface area contributed by atoms with E-state index in [1.54, 1.807) is 0 Å². The Balaban J connectivity index is 1.79. The average molecular weight is 272 g/mol. The van der Waals surface area contributed by atoms with Gasteiger partial charge in [-0.3, -0.25) is 4.79 Å². The van der Waals surface area contributed by atoms with Crippen molar-refractivity contribution in [2.45, 2.75) is 51.1 Å². The predicted molar refractivity (Wildman–Crippen MR) is 80.2 cm³/mol. The first-order valence-electron chi connectivity index (χ1n) is 7.78. The first-order valence-corrected chi connectivity index (χ1v) is 7.78. The number of amides is 1. The van der Waals surface area contributed by atoms with Gasteiger partial charge in [0, 0.05) is 18.5 Å². The summed E-state index contributed by atoms with van der Waals surface area (Å²) in [5.41, 5.74) is 8.57. The molecule has 1 aliphatic heterocycles. The van der Waals surface area contributed by atoms with Gasteiger partial charge in [-0.15, -0.1) is 0 Å². The number of hydrogen-bond donors (Lipinski definition) is 1. The van der Waals surface area contributed by atoms with Gasteiger partial charge in [-0.05, 0) is 50.2 Å². The summed E-state index contributed by atoms with van der Waals surface area (Å²) in [6.45, 7) is 3.05. The molecule has 1 amide bonds. The molecule has 1 aromatic rings. The van der Waals surface area contributed by atoms with Crippen LogP contribution in [-0.4, -0.2) is 23.4 Å². The number of nitrogens with zero attached hydrogens (tertiary/aromatic N) is 1. The minimum absolute atomic E-state index is 0.162. The van der Waals surface area contributed by atoms with Gasteiger partial charge in [0.15, 0.2) is 0 Å². The van der Waals surface area contributed by atoms with Crippen molar-refractivity contribution in [1.29, 1.82) is 0 Å². The van der Waals surface area contributed by atoms with Gasteiger partial charge in [-0.25, -0.2) is 0 Å². The highest BCUT2D eigenvalue weighted by atomic mass is 16.2. The van der Waals surface area contributed by atoms with E-state index >= 15 is 0 Å².